The zero-order chi connectivity index (χ0) is 7.56. The molecule has 0 aliphatic carbocycles. The molecule has 0 aromatic carbocycles. The van der Waals surface area contributed by atoms with Crippen molar-refractivity contribution in [1.82, 2.24) is 5.16 Å². The van der Waals surface area contributed by atoms with Gasteiger partial charge in [-0.1, -0.05) is 16.8 Å². The fraction of sp³-hybridized carbons (Fsp3) is 0.200. The lowest BCUT2D eigenvalue weighted by Gasteiger charge is -1.87. The molecule has 1 rings (SSSR count). The lowest BCUT2D eigenvalue weighted by atomic mass is 10.5. The Hall–Kier alpha value is -1.03. The van der Waals surface area contributed by atoms with Gasteiger partial charge in [0.25, 0.3) is 0 Å². The van der Waals surface area contributed by atoms with Gasteiger partial charge in [0.05, 0.1) is 7.11 Å². The maximum atomic E-state index is 10.1. The molecule has 4 nitrogen and oxygen atoms in total. The standard InChI is InChI=1S/C5H4ClNO3/c1-9-5-4(6)3(2-8)7-10-5/h2H,1H3. The molecule has 1 aromatic heterocycles. The second kappa shape index (κ2) is 2.70. The summed E-state index contributed by atoms with van der Waals surface area (Å²) in [5.74, 6) is 0.0590. The average Bonchev–Trinajstić information content (AvgIpc) is 2.30. The van der Waals surface area contributed by atoms with Crippen LogP contribution < -0.4 is 4.74 Å². The SMILES string of the molecule is COc1onc(C=O)c1Cl. The Morgan fingerprint density at radius 1 is 1.80 bits per heavy atom. The van der Waals surface area contributed by atoms with Crippen LogP contribution in [0, 0.1) is 0 Å². The minimum Gasteiger partial charge on any atom is -0.466 e. The number of carbonyl (C=O) groups is 1. The van der Waals surface area contributed by atoms with Crippen LogP contribution in [-0.2, 0) is 0 Å². The molecule has 0 saturated heterocycles. The summed E-state index contributed by atoms with van der Waals surface area (Å²) in [6.45, 7) is 0. The number of carbonyl (C=O) groups excluding carboxylic acids is 1. The minimum absolute atomic E-state index is 0.0542. The Morgan fingerprint density at radius 2 is 2.50 bits per heavy atom. The molecule has 10 heavy (non-hydrogen) atoms. The van der Waals surface area contributed by atoms with Gasteiger partial charge in [0.2, 0.25) is 0 Å². The number of hydrogen-bond donors (Lipinski definition) is 0. The monoisotopic (exact) mass is 161 g/mol. The third-order valence-electron chi connectivity index (χ3n) is 0.928. The molecule has 0 N–H and O–H groups in total. The number of methoxy groups -OCH3 is 1. The van der Waals surface area contributed by atoms with Crippen LogP contribution in [0.3, 0.4) is 0 Å². The van der Waals surface area contributed by atoms with Crippen LogP contribution in [0.5, 0.6) is 5.95 Å². The highest BCUT2D eigenvalue weighted by atomic mass is 35.5. The number of aromatic nitrogens is 1. The minimum atomic E-state index is 0.0542. The summed E-state index contributed by atoms with van der Waals surface area (Å²) in [5.41, 5.74) is 0.0542. The molecule has 0 spiro atoms. The molecule has 0 aliphatic heterocycles. The van der Waals surface area contributed by atoms with Gasteiger partial charge >= 0.3 is 5.95 Å². The van der Waals surface area contributed by atoms with Gasteiger partial charge in [-0.05, 0) is 0 Å². The van der Waals surface area contributed by atoms with E-state index in [1.54, 1.807) is 0 Å². The fourth-order valence-corrected chi connectivity index (χ4v) is 0.666. The van der Waals surface area contributed by atoms with Crippen molar-refractivity contribution in [3.8, 4) is 5.95 Å². The van der Waals surface area contributed by atoms with Gasteiger partial charge in [0.15, 0.2) is 17.0 Å². The van der Waals surface area contributed by atoms with Crippen LogP contribution in [0.2, 0.25) is 5.02 Å². The first-order chi connectivity index (χ1) is 4.79. The summed E-state index contributed by atoms with van der Waals surface area (Å²) in [5, 5.41) is 3.41. The molecule has 0 fully saturated rings. The van der Waals surface area contributed by atoms with Crippen LogP contribution >= 0.6 is 11.6 Å². The zero-order valence-corrected chi connectivity index (χ0v) is 5.88. The Kier molecular flexibility index (Phi) is 1.91. The molecule has 0 atom stereocenters. The van der Waals surface area contributed by atoms with Gasteiger partial charge in [-0.25, -0.2) is 0 Å². The molecule has 0 radical (unpaired) electrons. The summed E-state index contributed by atoms with van der Waals surface area (Å²) in [4.78, 5) is 10.1. The molecular weight excluding hydrogens is 158 g/mol. The number of hydrogen-bond acceptors (Lipinski definition) is 4. The van der Waals surface area contributed by atoms with Gasteiger partial charge in [-0.15, -0.1) is 0 Å². The first kappa shape index (κ1) is 7.08. The molecule has 1 aromatic rings. The number of rotatable bonds is 2. The quantitative estimate of drug-likeness (QED) is 0.611. The summed E-state index contributed by atoms with van der Waals surface area (Å²) in [6.07, 6.45) is 0.494. The number of halogens is 1. The molecule has 0 bridgehead atoms. The van der Waals surface area contributed by atoms with Crippen molar-refractivity contribution >= 4 is 17.9 Å². The van der Waals surface area contributed by atoms with E-state index in [1.807, 2.05) is 0 Å². The van der Waals surface area contributed by atoms with Crippen molar-refractivity contribution in [3.63, 3.8) is 0 Å². The van der Waals surface area contributed by atoms with Crippen molar-refractivity contribution in [2.24, 2.45) is 0 Å². The van der Waals surface area contributed by atoms with Crippen LogP contribution in [0.15, 0.2) is 4.52 Å². The highest BCUT2D eigenvalue weighted by Crippen LogP contribution is 2.25. The topological polar surface area (TPSA) is 52.3 Å². The molecule has 0 aliphatic rings. The Labute approximate surface area is 61.7 Å². The van der Waals surface area contributed by atoms with Crippen molar-refractivity contribution < 1.29 is 14.1 Å². The number of ether oxygens (including phenoxy) is 1. The van der Waals surface area contributed by atoms with Gasteiger partial charge in [-0.3, -0.25) is 4.79 Å². The number of aldehydes is 1. The smallest absolute Gasteiger partial charge is 0.330 e. The third kappa shape index (κ3) is 0.974. The maximum absolute atomic E-state index is 10.1. The summed E-state index contributed by atoms with van der Waals surface area (Å²) in [6, 6.07) is 0. The van der Waals surface area contributed by atoms with Gasteiger partial charge in [0, 0.05) is 0 Å². The van der Waals surface area contributed by atoms with E-state index >= 15 is 0 Å². The fourth-order valence-electron chi connectivity index (χ4n) is 0.475. The molecular formula is C5H4ClNO3. The Morgan fingerprint density at radius 3 is 2.80 bits per heavy atom. The first-order valence-electron chi connectivity index (χ1n) is 2.44. The molecule has 0 unspecified atom stereocenters. The van der Waals surface area contributed by atoms with Gasteiger partial charge < -0.3 is 9.26 Å². The highest BCUT2D eigenvalue weighted by Gasteiger charge is 2.12. The maximum Gasteiger partial charge on any atom is 0.330 e. The van der Waals surface area contributed by atoms with E-state index < -0.39 is 0 Å². The largest absolute Gasteiger partial charge is 0.466 e. The third-order valence-corrected chi connectivity index (χ3v) is 1.28. The second-order valence-electron chi connectivity index (χ2n) is 1.49. The van der Waals surface area contributed by atoms with Gasteiger partial charge in [-0.2, -0.15) is 0 Å². The summed E-state index contributed by atoms with van der Waals surface area (Å²) in [7, 11) is 1.38. The van der Waals surface area contributed by atoms with E-state index in [1.165, 1.54) is 7.11 Å². The molecule has 1 heterocycles. The molecule has 5 heteroatoms. The van der Waals surface area contributed by atoms with E-state index in [2.05, 4.69) is 14.4 Å². The molecule has 54 valence electrons. The number of nitrogens with zero attached hydrogens (tertiary/aromatic N) is 1. The van der Waals surface area contributed by atoms with E-state index in [0.717, 1.165) is 0 Å². The van der Waals surface area contributed by atoms with Crippen LogP contribution in [0.4, 0.5) is 0 Å². The van der Waals surface area contributed by atoms with Crippen LogP contribution in [0.1, 0.15) is 10.5 Å². The Balaban J connectivity index is 3.08. The molecule has 0 saturated carbocycles. The van der Waals surface area contributed by atoms with Crippen molar-refractivity contribution in [3.05, 3.63) is 10.7 Å². The predicted octanol–water partition coefficient (Wildman–Crippen LogP) is 1.15. The van der Waals surface area contributed by atoms with Crippen LogP contribution in [-0.4, -0.2) is 18.6 Å². The zero-order valence-electron chi connectivity index (χ0n) is 5.13. The van der Waals surface area contributed by atoms with E-state index in [0.29, 0.717) is 6.29 Å². The van der Waals surface area contributed by atoms with Crippen molar-refractivity contribution in [1.29, 1.82) is 0 Å². The lowest BCUT2D eigenvalue weighted by molar-refractivity contribution is 0.111. The van der Waals surface area contributed by atoms with Crippen LogP contribution in [0.25, 0.3) is 0 Å². The lowest BCUT2D eigenvalue weighted by Crippen LogP contribution is -1.80. The predicted molar refractivity (Wildman–Crippen MR) is 33.5 cm³/mol. The summed E-state index contributed by atoms with van der Waals surface area (Å²) >= 11 is 5.51. The average molecular weight is 162 g/mol. The highest BCUT2D eigenvalue weighted by molar-refractivity contribution is 6.33. The van der Waals surface area contributed by atoms with Crippen molar-refractivity contribution in [2.75, 3.05) is 7.11 Å². The normalized spacial score (nSPS) is 9.40. The van der Waals surface area contributed by atoms with E-state index in [-0.39, 0.29) is 16.7 Å². The summed E-state index contributed by atoms with van der Waals surface area (Å²) < 4.78 is 9.11. The van der Waals surface area contributed by atoms with Crippen molar-refractivity contribution in [2.45, 2.75) is 0 Å². The van der Waals surface area contributed by atoms with Gasteiger partial charge in [0.1, 0.15) is 0 Å². The second-order valence-corrected chi connectivity index (χ2v) is 1.87. The van der Waals surface area contributed by atoms with E-state index in [9.17, 15) is 4.79 Å². The van der Waals surface area contributed by atoms with E-state index in [4.69, 9.17) is 11.6 Å². The first-order valence-corrected chi connectivity index (χ1v) is 2.81. The Bertz CT molecular complexity index is 245. The molecule has 0 amide bonds.